The number of benzene rings is 1. The standard InChI is InChI=1S/C19H24ClN3O2/c1-15(16-7-4-3-5-8-16)25-12-6-11-21-19(24)14-23(2)18-10-9-17(20)13-22-18/h3-5,7-10,13,15H,6,11-12,14H2,1-2H3,(H,21,24). The topological polar surface area (TPSA) is 54.5 Å². The number of nitrogens with one attached hydrogen (secondary N) is 1. The maximum atomic E-state index is 12.0. The van der Waals surface area contributed by atoms with Gasteiger partial charge in [0.15, 0.2) is 0 Å². The van der Waals surface area contributed by atoms with Gasteiger partial charge < -0.3 is 15.0 Å². The van der Waals surface area contributed by atoms with Crippen LogP contribution in [-0.4, -0.2) is 37.6 Å². The van der Waals surface area contributed by atoms with Gasteiger partial charge in [-0.25, -0.2) is 4.98 Å². The lowest BCUT2D eigenvalue weighted by atomic mass is 10.1. The molecule has 1 aromatic heterocycles. The molecule has 0 aliphatic rings. The van der Waals surface area contributed by atoms with Gasteiger partial charge in [-0.1, -0.05) is 41.9 Å². The van der Waals surface area contributed by atoms with Crippen molar-refractivity contribution in [1.29, 1.82) is 0 Å². The second kappa shape index (κ2) is 10.0. The molecule has 0 aliphatic heterocycles. The Hall–Kier alpha value is -2.11. The van der Waals surface area contributed by atoms with Gasteiger partial charge in [-0.15, -0.1) is 0 Å². The smallest absolute Gasteiger partial charge is 0.239 e. The van der Waals surface area contributed by atoms with Gasteiger partial charge in [-0.05, 0) is 31.0 Å². The first-order valence-corrected chi connectivity index (χ1v) is 8.70. The molecule has 2 aromatic rings. The van der Waals surface area contributed by atoms with E-state index >= 15 is 0 Å². The molecular weight excluding hydrogens is 338 g/mol. The molecule has 1 unspecified atom stereocenters. The van der Waals surface area contributed by atoms with Crippen molar-refractivity contribution in [3.05, 3.63) is 59.2 Å². The summed E-state index contributed by atoms with van der Waals surface area (Å²) in [4.78, 5) is 17.9. The number of rotatable bonds is 9. The highest BCUT2D eigenvalue weighted by molar-refractivity contribution is 6.30. The Morgan fingerprint density at radius 2 is 2.04 bits per heavy atom. The molecule has 0 saturated heterocycles. The largest absolute Gasteiger partial charge is 0.374 e. The minimum atomic E-state index is -0.0460. The normalized spacial score (nSPS) is 11.8. The molecule has 1 aromatic carbocycles. The SMILES string of the molecule is CC(OCCCNC(=O)CN(C)c1ccc(Cl)cn1)c1ccccc1. The number of amides is 1. The highest BCUT2D eigenvalue weighted by Crippen LogP contribution is 2.15. The zero-order chi connectivity index (χ0) is 18.1. The first kappa shape index (κ1) is 19.2. The van der Waals surface area contributed by atoms with Crippen molar-refractivity contribution >= 4 is 23.3 Å². The van der Waals surface area contributed by atoms with E-state index in [1.807, 2.05) is 44.3 Å². The third-order valence-electron chi connectivity index (χ3n) is 3.76. The molecule has 1 N–H and O–H groups in total. The predicted molar refractivity (Wildman–Crippen MR) is 101 cm³/mol. The lowest BCUT2D eigenvalue weighted by Crippen LogP contribution is -2.36. The van der Waals surface area contributed by atoms with Gasteiger partial charge in [0.05, 0.1) is 17.7 Å². The van der Waals surface area contributed by atoms with E-state index in [1.54, 1.807) is 23.2 Å². The molecule has 25 heavy (non-hydrogen) atoms. The van der Waals surface area contributed by atoms with Crippen LogP contribution in [0, 0.1) is 0 Å². The van der Waals surface area contributed by atoms with Crippen molar-refractivity contribution in [2.45, 2.75) is 19.4 Å². The Balaban J connectivity index is 1.61. The van der Waals surface area contributed by atoms with Crippen LogP contribution in [0.5, 0.6) is 0 Å². The van der Waals surface area contributed by atoms with E-state index in [2.05, 4.69) is 10.3 Å². The quantitative estimate of drug-likeness (QED) is 0.695. The minimum absolute atomic E-state index is 0.0460. The van der Waals surface area contributed by atoms with Gasteiger partial charge >= 0.3 is 0 Å². The van der Waals surface area contributed by atoms with Crippen molar-refractivity contribution in [1.82, 2.24) is 10.3 Å². The first-order valence-electron chi connectivity index (χ1n) is 8.32. The lowest BCUT2D eigenvalue weighted by Gasteiger charge is -2.18. The van der Waals surface area contributed by atoms with Crippen LogP contribution in [0.15, 0.2) is 48.7 Å². The van der Waals surface area contributed by atoms with Crippen LogP contribution >= 0.6 is 11.6 Å². The fourth-order valence-corrected chi connectivity index (χ4v) is 2.44. The van der Waals surface area contributed by atoms with Crippen molar-refractivity contribution in [3.8, 4) is 0 Å². The number of hydrogen-bond acceptors (Lipinski definition) is 4. The highest BCUT2D eigenvalue weighted by Gasteiger charge is 2.08. The Morgan fingerprint density at radius 1 is 1.28 bits per heavy atom. The Labute approximate surface area is 154 Å². The molecular formula is C19H24ClN3O2. The monoisotopic (exact) mass is 361 g/mol. The number of pyridine rings is 1. The summed E-state index contributed by atoms with van der Waals surface area (Å²) < 4.78 is 5.79. The van der Waals surface area contributed by atoms with Crippen LogP contribution in [-0.2, 0) is 9.53 Å². The maximum Gasteiger partial charge on any atom is 0.239 e. The van der Waals surface area contributed by atoms with E-state index in [4.69, 9.17) is 16.3 Å². The second-order valence-electron chi connectivity index (χ2n) is 5.82. The van der Waals surface area contributed by atoms with Crippen molar-refractivity contribution < 1.29 is 9.53 Å². The van der Waals surface area contributed by atoms with Gasteiger partial charge in [0.2, 0.25) is 5.91 Å². The minimum Gasteiger partial charge on any atom is -0.374 e. The van der Waals surface area contributed by atoms with E-state index in [9.17, 15) is 4.79 Å². The molecule has 0 aliphatic carbocycles. The highest BCUT2D eigenvalue weighted by atomic mass is 35.5. The number of aromatic nitrogens is 1. The zero-order valence-electron chi connectivity index (χ0n) is 14.6. The average molecular weight is 362 g/mol. The molecule has 5 nitrogen and oxygen atoms in total. The van der Waals surface area contributed by atoms with Gasteiger partial charge in [-0.2, -0.15) is 0 Å². The first-order chi connectivity index (χ1) is 12.1. The van der Waals surface area contributed by atoms with E-state index < -0.39 is 0 Å². The summed E-state index contributed by atoms with van der Waals surface area (Å²) in [7, 11) is 1.82. The average Bonchev–Trinajstić information content (AvgIpc) is 2.62. The molecule has 0 fully saturated rings. The molecule has 134 valence electrons. The zero-order valence-corrected chi connectivity index (χ0v) is 15.4. The molecule has 6 heteroatoms. The van der Waals surface area contributed by atoms with Gasteiger partial charge in [0.1, 0.15) is 5.82 Å². The number of ether oxygens (including phenoxy) is 1. The number of carbonyl (C=O) groups is 1. The van der Waals surface area contributed by atoms with Crippen LogP contribution in [0.25, 0.3) is 0 Å². The van der Waals surface area contributed by atoms with Gasteiger partial charge in [0, 0.05) is 26.4 Å². The second-order valence-corrected chi connectivity index (χ2v) is 6.25. The summed E-state index contributed by atoms with van der Waals surface area (Å²) in [6.45, 7) is 3.46. The summed E-state index contributed by atoms with van der Waals surface area (Å²) in [5.41, 5.74) is 1.16. The maximum absolute atomic E-state index is 12.0. The fraction of sp³-hybridized carbons (Fsp3) is 0.368. The number of carbonyl (C=O) groups excluding carboxylic acids is 1. The van der Waals surface area contributed by atoms with Crippen LogP contribution < -0.4 is 10.2 Å². The molecule has 1 amide bonds. The summed E-state index contributed by atoms with van der Waals surface area (Å²) in [5, 5.41) is 3.47. The number of anilines is 1. The third-order valence-corrected chi connectivity index (χ3v) is 3.99. The number of likely N-dealkylation sites (N-methyl/N-ethyl adjacent to an activating group) is 1. The summed E-state index contributed by atoms with van der Waals surface area (Å²) >= 11 is 5.81. The molecule has 0 spiro atoms. The summed E-state index contributed by atoms with van der Waals surface area (Å²) in [5.74, 6) is 0.662. The van der Waals surface area contributed by atoms with E-state index in [0.717, 1.165) is 12.0 Å². The van der Waals surface area contributed by atoms with E-state index in [0.29, 0.717) is 24.0 Å². The lowest BCUT2D eigenvalue weighted by molar-refractivity contribution is -0.119. The number of hydrogen-bond donors (Lipinski definition) is 1. The third kappa shape index (κ3) is 6.72. The van der Waals surface area contributed by atoms with Crippen LogP contribution in [0.1, 0.15) is 25.0 Å². The Morgan fingerprint density at radius 3 is 2.72 bits per heavy atom. The fourth-order valence-electron chi connectivity index (χ4n) is 2.33. The molecule has 0 radical (unpaired) electrons. The Bertz CT molecular complexity index is 649. The van der Waals surface area contributed by atoms with Crippen LogP contribution in [0.3, 0.4) is 0 Å². The van der Waals surface area contributed by atoms with Gasteiger partial charge in [0.25, 0.3) is 0 Å². The summed E-state index contributed by atoms with van der Waals surface area (Å²) in [6, 6.07) is 13.6. The number of halogens is 1. The van der Waals surface area contributed by atoms with Crippen LogP contribution in [0.4, 0.5) is 5.82 Å². The van der Waals surface area contributed by atoms with Gasteiger partial charge in [-0.3, -0.25) is 4.79 Å². The number of nitrogens with zero attached hydrogens (tertiary/aromatic N) is 2. The van der Waals surface area contributed by atoms with E-state index in [1.165, 1.54) is 0 Å². The molecule has 1 atom stereocenters. The summed E-state index contributed by atoms with van der Waals surface area (Å²) in [6.07, 6.45) is 2.39. The molecule has 2 rings (SSSR count). The Kier molecular flexibility index (Phi) is 7.70. The van der Waals surface area contributed by atoms with Crippen molar-refractivity contribution in [3.63, 3.8) is 0 Å². The van der Waals surface area contributed by atoms with Crippen LogP contribution in [0.2, 0.25) is 5.02 Å². The van der Waals surface area contributed by atoms with E-state index in [-0.39, 0.29) is 18.6 Å². The van der Waals surface area contributed by atoms with Crippen molar-refractivity contribution in [2.75, 3.05) is 31.6 Å². The predicted octanol–water partition coefficient (Wildman–Crippen LogP) is 3.46. The molecule has 0 saturated carbocycles. The molecule has 0 bridgehead atoms. The van der Waals surface area contributed by atoms with Crippen molar-refractivity contribution in [2.24, 2.45) is 0 Å². The molecule has 1 heterocycles.